The Bertz CT molecular complexity index is 293. The summed E-state index contributed by atoms with van der Waals surface area (Å²) >= 11 is 0. The first-order valence-corrected chi connectivity index (χ1v) is 4.03. The fourth-order valence-corrected chi connectivity index (χ4v) is 1.13. The Balaban J connectivity index is 0.00000169. The van der Waals surface area contributed by atoms with E-state index in [2.05, 4.69) is 0 Å². The molecule has 14 heavy (non-hydrogen) atoms. The number of hydrogen-bond acceptors (Lipinski definition) is 4. The van der Waals surface area contributed by atoms with Crippen LogP contribution in [0.25, 0.3) is 0 Å². The van der Waals surface area contributed by atoms with Gasteiger partial charge in [-0.3, -0.25) is 0 Å². The second-order valence-electron chi connectivity index (χ2n) is 2.86. The fraction of sp³-hybridized carbons (Fsp3) is 0.333. The number of rotatable bonds is 3. The number of aliphatic hydroxyl groups excluding tert-OH is 1. The topological polar surface area (TPSA) is 86.7 Å². The molecule has 0 spiro atoms. The number of hydrogen-bond donors (Lipinski definition) is 4. The third kappa shape index (κ3) is 3.06. The average Bonchev–Trinajstić information content (AvgIpc) is 2.09. The summed E-state index contributed by atoms with van der Waals surface area (Å²) in [6.45, 7) is -0.0454. The van der Waals surface area contributed by atoms with E-state index in [0.29, 0.717) is 12.0 Å². The molecule has 5 heteroatoms. The molecule has 0 radical (unpaired) electrons. The quantitative estimate of drug-likeness (QED) is 0.569. The highest BCUT2D eigenvalue weighted by Crippen LogP contribution is 2.27. The third-order valence-corrected chi connectivity index (χ3v) is 1.85. The maximum atomic E-state index is 9.36. The van der Waals surface area contributed by atoms with Crippen molar-refractivity contribution in [1.82, 2.24) is 0 Å². The number of nitrogens with two attached hydrogens (primary N) is 1. The van der Waals surface area contributed by atoms with Crippen LogP contribution in [0.3, 0.4) is 0 Å². The van der Waals surface area contributed by atoms with Crippen LogP contribution in [-0.4, -0.2) is 21.9 Å². The van der Waals surface area contributed by atoms with E-state index in [4.69, 9.17) is 15.9 Å². The summed E-state index contributed by atoms with van der Waals surface area (Å²) in [7, 11) is 0. The first-order chi connectivity index (χ1) is 6.15. The van der Waals surface area contributed by atoms with Gasteiger partial charge in [0.1, 0.15) is 11.5 Å². The van der Waals surface area contributed by atoms with Gasteiger partial charge < -0.3 is 21.1 Å². The fourth-order valence-electron chi connectivity index (χ4n) is 1.13. The molecular weight excluding hydrogens is 206 g/mol. The molecule has 0 bridgehead atoms. The van der Waals surface area contributed by atoms with Crippen LogP contribution in [0.15, 0.2) is 18.2 Å². The van der Waals surface area contributed by atoms with Crippen molar-refractivity contribution in [2.45, 2.75) is 12.5 Å². The minimum Gasteiger partial charge on any atom is -0.508 e. The standard InChI is InChI=1S/C9H13NO3.ClH/c10-8(3-4-11)7-5-6(12)1-2-9(7)13;/h1-2,5,8,11-13H,3-4,10H2;1H/t8-;/m1./s1. The van der Waals surface area contributed by atoms with Crippen molar-refractivity contribution < 1.29 is 15.3 Å². The zero-order valence-corrected chi connectivity index (χ0v) is 8.37. The zero-order chi connectivity index (χ0) is 9.84. The maximum Gasteiger partial charge on any atom is 0.120 e. The summed E-state index contributed by atoms with van der Waals surface area (Å²) in [4.78, 5) is 0. The number of aliphatic hydroxyl groups is 1. The molecule has 0 aromatic heterocycles. The van der Waals surface area contributed by atoms with Crippen molar-refractivity contribution in [3.63, 3.8) is 0 Å². The molecule has 0 amide bonds. The lowest BCUT2D eigenvalue weighted by Crippen LogP contribution is -2.11. The number of benzene rings is 1. The Labute approximate surface area is 88.4 Å². The second-order valence-corrected chi connectivity index (χ2v) is 2.86. The molecule has 0 aliphatic rings. The molecule has 0 unspecified atom stereocenters. The molecule has 5 N–H and O–H groups in total. The van der Waals surface area contributed by atoms with Crippen LogP contribution in [-0.2, 0) is 0 Å². The molecule has 1 rings (SSSR count). The van der Waals surface area contributed by atoms with Crippen molar-refractivity contribution >= 4 is 12.4 Å². The van der Waals surface area contributed by atoms with E-state index in [1.54, 1.807) is 0 Å². The predicted molar refractivity (Wildman–Crippen MR) is 55.7 cm³/mol. The van der Waals surface area contributed by atoms with Gasteiger partial charge in [-0.15, -0.1) is 12.4 Å². The monoisotopic (exact) mass is 219 g/mol. The summed E-state index contributed by atoms with van der Waals surface area (Å²) in [5, 5.41) is 27.1. The van der Waals surface area contributed by atoms with Crippen LogP contribution >= 0.6 is 12.4 Å². The molecule has 0 aliphatic carbocycles. The Morgan fingerprint density at radius 3 is 2.50 bits per heavy atom. The average molecular weight is 220 g/mol. The molecule has 0 saturated carbocycles. The van der Waals surface area contributed by atoms with Gasteiger partial charge >= 0.3 is 0 Å². The Morgan fingerprint density at radius 2 is 1.93 bits per heavy atom. The van der Waals surface area contributed by atoms with Crippen molar-refractivity contribution in [2.75, 3.05) is 6.61 Å². The molecule has 1 aromatic rings. The van der Waals surface area contributed by atoms with Crippen molar-refractivity contribution in [3.8, 4) is 11.5 Å². The normalized spacial score (nSPS) is 11.9. The van der Waals surface area contributed by atoms with Crippen molar-refractivity contribution in [3.05, 3.63) is 23.8 Å². The van der Waals surface area contributed by atoms with Crippen LogP contribution in [0.5, 0.6) is 11.5 Å². The van der Waals surface area contributed by atoms with Crippen molar-refractivity contribution in [1.29, 1.82) is 0 Å². The highest BCUT2D eigenvalue weighted by Gasteiger charge is 2.10. The van der Waals surface area contributed by atoms with Gasteiger partial charge in [0.2, 0.25) is 0 Å². The minimum atomic E-state index is -0.447. The minimum absolute atomic E-state index is 0. The number of aromatic hydroxyl groups is 2. The van der Waals surface area contributed by atoms with E-state index >= 15 is 0 Å². The summed E-state index contributed by atoms with van der Waals surface area (Å²) in [5.74, 6) is 0.0972. The lowest BCUT2D eigenvalue weighted by atomic mass is 10.0. The lowest BCUT2D eigenvalue weighted by molar-refractivity contribution is 0.275. The highest BCUT2D eigenvalue weighted by atomic mass is 35.5. The van der Waals surface area contributed by atoms with E-state index in [-0.39, 0.29) is 30.5 Å². The highest BCUT2D eigenvalue weighted by molar-refractivity contribution is 5.85. The van der Waals surface area contributed by atoms with Crippen LogP contribution in [0.1, 0.15) is 18.0 Å². The van der Waals surface area contributed by atoms with Crippen LogP contribution in [0.2, 0.25) is 0 Å². The third-order valence-electron chi connectivity index (χ3n) is 1.85. The summed E-state index contributed by atoms with van der Waals surface area (Å²) in [5.41, 5.74) is 6.10. The van der Waals surface area contributed by atoms with E-state index in [0.717, 1.165) is 0 Å². The zero-order valence-electron chi connectivity index (χ0n) is 7.55. The molecule has 80 valence electrons. The Morgan fingerprint density at radius 1 is 1.29 bits per heavy atom. The molecule has 0 heterocycles. The molecule has 0 aliphatic heterocycles. The summed E-state index contributed by atoms with van der Waals surface area (Å²) in [6.07, 6.45) is 0.358. The Kier molecular flexibility index (Phi) is 5.30. The van der Waals surface area contributed by atoms with Gasteiger partial charge in [0, 0.05) is 18.2 Å². The van der Waals surface area contributed by atoms with E-state index < -0.39 is 6.04 Å². The Hall–Kier alpha value is -0.970. The first kappa shape index (κ1) is 13.0. The van der Waals surface area contributed by atoms with Crippen molar-refractivity contribution in [2.24, 2.45) is 5.73 Å². The number of phenolic OH excluding ortho intramolecular Hbond substituents is 2. The molecule has 1 aromatic carbocycles. The SMILES string of the molecule is Cl.N[C@H](CCO)c1cc(O)ccc1O. The molecule has 0 fully saturated rings. The van der Waals surface area contributed by atoms with E-state index in [9.17, 15) is 5.11 Å². The maximum absolute atomic E-state index is 9.36. The first-order valence-electron chi connectivity index (χ1n) is 4.03. The largest absolute Gasteiger partial charge is 0.508 e. The lowest BCUT2D eigenvalue weighted by Gasteiger charge is -2.12. The van der Waals surface area contributed by atoms with E-state index in [1.165, 1.54) is 18.2 Å². The van der Waals surface area contributed by atoms with Gasteiger partial charge in [0.25, 0.3) is 0 Å². The molecule has 4 nitrogen and oxygen atoms in total. The van der Waals surface area contributed by atoms with Crippen LogP contribution in [0.4, 0.5) is 0 Å². The smallest absolute Gasteiger partial charge is 0.120 e. The summed E-state index contributed by atoms with van der Waals surface area (Å²) in [6, 6.07) is 3.71. The summed E-state index contributed by atoms with van der Waals surface area (Å²) < 4.78 is 0. The van der Waals surface area contributed by atoms with Crippen LogP contribution in [0, 0.1) is 0 Å². The van der Waals surface area contributed by atoms with Gasteiger partial charge in [-0.25, -0.2) is 0 Å². The predicted octanol–water partition coefficient (Wildman–Crippen LogP) is 0.902. The van der Waals surface area contributed by atoms with Gasteiger partial charge in [-0.1, -0.05) is 0 Å². The van der Waals surface area contributed by atoms with Gasteiger partial charge in [0.05, 0.1) is 0 Å². The number of phenols is 2. The molecular formula is C9H14ClNO3. The molecule has 0 saturated heterocycles. The van der Waals surface area contributed by atoms with Gasteiger partial charge in [0.15, 0.2) is 0 Å². The number of halogens is 1. The van der Waals surface area contributed by atoms with Gasteiger partial charge in [-0.2, -0.15) is 0 Å². The molecule has 1 atom stereocenters. The van der Waals surface area contributed by atoms with Crippen LogP contribution < -0.4 is 5.73 Å². The second kappa shape index (κ2) is 5.70. The van der Waals surface area contributed by atoms with Gasteiger partial charge in [-0.05, 0) is 24.6 Å². The van der Waals surface area contributed by atoms with E-state index in [1.807, 2.05) is 0 Å².